The number of hydrogen-bond donors (Lipinski definition) is 3. The molecule has 2 amide bonds. The molecule has 3 rings (SSSR count). The Morgan fingerprint density at radius 3 is 2.34 bits per heavy atom. The van der Waals surface area contributed by atoms with Gasteiger partial charge in [0.15, 0.2) is 12.6 Å². The molecule has 2 atom stereocenters. The van der Waals surface area contributed by atoms with E-state index in [0.29, 0.717) is 0 Å². The number of quaternary nitrogens is 1. The van der Waals surface area contributed by atoms with Gasteiger partial charge in [0.2, 0.25) is 0 Å². The summed E-state index contributed by atoms with van der Waals surface area (Å²) in [6.07, 6.45) is 0.850. The fourth-order valence-electron chi connectivity index (χ4n) is 3.35. The molecule has 0 aromatic heterocycles. The summed E-state index contributed by atoms with van der Waals surface area (Å²) in [6, 6.07) is 21.2. The number of anilines is 2. The van der Waals surface area contributed by atoms with Crippen LogP contribution in [0, 0.1) is 0 Å². The summed E-state index contributed by atoms with van der Waals surface area (Å²) >= 11 is 0. The molecule has 0 aliphatic carbocycles. The quantitative estimate of drug-likeness (QED) is 0.581. The van der Waals surface area contributed by atoms with Crippen LogP contribution in [0.4, 0.5) is 11.4 Å². The van der Waals surface area contributed by atoms with E-state index in [4.69, 9.17) is 0 Å². The maximum absolute atomic E-state index is 12.8. The fourth-order valence-corrected chi connectivity index (χ4v) is 3.35. The lowest BCUT2D eigenvalue weighted by Gasteiger charge is -2.21. The molecule has 3 N–H and O–H groups in total. The van der Waals surface area contributed by atoms with Crippen LogP contribution in [-0.2, 0) is 16.0 Å². The largest absolute Gasteiger partial charge is 0.321 e. The van der Waals surface area contributed by atoms with Crippen molar-refractivity contribution >= 4 is 34.0 Å². The molecule has 0 saturated heterocycles. The minimum atomic E-state index is -0.374. The second-order valence-corrected chi connectivity index (χ2v) is 7.32. The molecular weight excluding hydrogens is 362 g/mol. The number of para-hydroxylation sites is 1. The van der Waals surface area contributed by atoms with Gasteiger partial charge in [0.1, 0.15) is 0 Å². The Kier molecular flexibility index (Phi) is 6.62. The van der Waals surface area contributed by atoms with Gasteiger partial charge in [0.25, 0.3) is 11.8 Å². The molecule has 0 radical (unpaired) electrons. The van der Waals surface area contributed by atoms with Gasteiger partial charge < -0.3 is 15.5 Å². The second-order valence-electron chi connectivity index (χ2n) is 7.32. The van der Waals surface area contributed by atoms with Gasteiger partial charge in [-0.25, -0.2) is 0 Å². The highest BCUT2D eigenvalue weighted by Crippen LogP contribution is 2.22. The lowest BCUT2D eigenvalue weighted by atomic mass is 10.1. The van der Waals surface area contributed by atoms with Crippen molar-refractivity contribution in [3.8, 4) is 0 Å². The van der Waals surface area contributed by atoms with Crippen molar-refractivity contribution in [1.82, 2.24) is 0 Å². The molecule has 0 aliphatic heterocycles. The van der Waals surface area contributed by atoms with E-state index >= 15 is 0 Å². The van der Waals surface area contributed by atoms with Gasteiger partial charge >= 0.3 is 0 Å². The Hall–Kier alpha value is -3.18. The van der Waals surface area contributed by atoms with E-state index in [-0.39, 0.29) is 24.4 Å². The van der Waals surface area contributed by atoms with Gasteiger partial charge in [-0.1, -0.05) is 61.5 Å². The molecule has 29 heavy (non-hydrogen) atoms. The zero-order chi connectivity index (χ0) is 20.8. The third-order valence-electron chi connectivity index (χ3n) is 5.29. The third kappa shape index (κ3) is 5.00. The molecule has 0 fully saturated rings. The number of likely N-dealkylation sites (N-methyl/N-ethyl adjacent to an activating group) is 1. The maximum Gasteiger partial charge on any atom is 0.282 e. The number of rotatable bonds is 7. The van der Waals surface area contributed by atoms with Crippen molar-refractivity contribution in [2.45, 2.75) is 26.3 Å². The van der Waals surface area contributed by atoms with Crippen LogP contribution in [0.5, 0.6) is 0 Å². The zero-order valence-corrected chi connectivity index (χ0v) is 17.2. The van der Waals surface area contributed by atoms with Gasteiger partial charge in [-0.2, -0.15) is 0 Å². The Labute approximate surface area is 171 Å². The van der Waals surface area contributed by atoms with Gasteiger partial charge in [-0.3, -0.25) is 9.59 Å². The number of amides is 2. The second kappa shape index (κ2) is 9.34. The van der Waals surface area contributed by atoms with Crippen molar-refractivity contribution in [3.63, 3.8) is 0 Å². The number of carbonyl (C=O) groups is 2. The van der Waals surface area contributed by atoms with E-state index in [2.05, 4.69) is 17.6 Å². The summed E-state index contributed by atoms with van der Waals surface area (Å²) in [5.41, 5.74) is 2.72. The molecular formula is C24H28N3O2+. The average Bonchev–Trinajstić information content (AvgIpc) is 2.73. The van der Waals surface area contributed by atoms with E-state index in [0.717, 1.165) is 39.0 Å². The summed E-state index contributed by atoms with van der Waals surface area (Å²) < 4.78 is 0. The standard InChI is InChI=1S/C24H27N3O2/c1-4-18-10-6-8-14-21(18)25-23(28)16-27(3)17(2)24(29)26-22-15-9-12-19-11-5-7-13-20(19)22/h5-15,17H,4,16H2,1-3H3,(H,25,28)(H,26,29)/p+1/t17-/m1/s1. The van der Waals surface area contributed by atoms with E-state index in [9.17, 15) is 9.59 Å². The third-order valence-corrected chi connectivity index (χ3v) is 5.29. The molecule has 0 spiro atoms. The molecule has 5 heteroatoms. The van der Waals surface area contributed by atoms with Crippen molar-refractivity contribution < 1.29 is 14.5 Å². The van der Waals surface area contributed by atoms with Crippen LogP contribution in [0.25, 0.3) is 10.8 Å². The zero-order valence-electron chi connectivity index (χ0n) is 17.2. The molecule has 0 saturated carbocycles. The van der Waals surface area contributed by atoms with Crippen LogP contribution in [0.1, 0.15) is 19.4 Å². The molecule has 0 heterocycles. The first-order valence-electron chi connectivity index (χ1n) is 9.98. The number of nitrogens with one attached hydrogen (secondary N) is 3. The Bertz CT molecular complexity index is 1010. The monoisotopic (exact) mass is 390 g/mol. The summed E-state index contributed by atoms with van der Waals surface area (Å²) in [5.74, 6) is -0.214. The van der Waals surface area contributed by atoms with E-state index < -0.39 is 0 Å². The molecule has 5 nitrogen and oxygen atoms in total. The lowest BCUT2D eigenvalue weighted by molar-refractivity contribution is -0.885. The van der Waals surface area contributed by atoms with Crippen LogP contribution in [0.3, 0.4) is 0 Å². The molecule has 3 aromatic carbocycles. The van der Waals surface area contributed by atoms with E-state index in [1.54, 1.807) is 0 Å². The predicted molar refractivity (Wildman–Crippen MR) is 118 cm³/mol. The van der Waals surface area contributed by atoms with E-state index in [1.807, 2.05) is 80.7 Å². The lowest BCUT2D eigenvalue weighted by Crippen LogP contribution is -3.14. The number of aryl methyl sites for hydroxylation is 1. The van der Waals surface area contributed by atoms with Crippen LogP contribution < -0.4 is 15.5 Å². The molecule has 0 aliphatic rings. The first-order valence-corrected chi connectivity index (χ1v) is 9.98. The molecule has 3 aromatic rings. The number of fused-ring (bicyclic) bond motifs is 1. The average molecular weight is 391 g/mol. The highest BCUT2D eigenvalue weighted by atomic mass is 16.2. The highest BCUT2D eigenvalue weighted by molar-refractivity contribution is 6.03. The van der Waals surface area contributed by atoms with Crippen molar-refractivity contribution in [2.75, 3.05) is 24.2 Å². The normalized spacial score (nSPS) is 12.9. The van der Waals surface area contributed by atoms with Crippen LogP contribution in [0.2, 0.25) is 0 Å². The van der Waals surface area contributed by atoms with Crippen LogP contribution in [0.15, 0.2) is 66.7 Å². The number of benzene rings is 3. The smallest absolute Gasteiger partial charge is 0.282 e. The first-order chi connectivity index (χ1) is 14.0. The van der Waals surface area contributed by atoms with Gasteiger partial charge in [-0.15, -0.1) is 0 Å². The highest BCUT2D eigenvalue weighted by Gasteiger charge is 2.24. The molecule has 1 unspecified atom stereocenters. The molecule has 150 valence electrons. The predicted octanol–water partition coefficient (Wildman–Crippen LogP) is 2.88. The van der Waals surface area contributed by atoms with Crippen molar-refractivity contribution in [3.05, 3.63) is 72.3 Å². The maximum atomic E-state index is 12.8. The Balaban J connectivity index is 1.62. The van der Waals surface area contributed by atoms with Gasteiger partial charge in [0, 0.05) is 16.8 Å². The Morgan fingerprint density at radius 1 is 0.897 bits per heavy atom. The minimum Gasteiger partial charge on any atom is -0.321 e. The van der Waals surface area contributed by atoms with Crippen molar-refractivity contribution in [2.24, 2.45) is 0 Å². The first kappa shape index (κ1) is 20.6. The summed E-state index contributed by atoms with van der Waals surface area (Å²) in [7, 11) is 1.86. The van der Waals surface area contributed by atoms with Crippen LogP contribution >= 0.6 is 0 Å². The van der Waals surface area contributed by atoms with E-state index in [1.165, 1.54) is 0 Å². The topological polar surface area (TPSA) is 62.6 Å². The fraction of sp³-hybridized carbons (Fsp3) is 0.250. The minimum absolute atomic E-state index is 0.104. The summed E-state index contributed by atoms with van der Waals surface area (Å²) in [5, 5.41) is 8.06. The SMILES string of the molecule is CCc1ccccc1NC(=O)C[NH+](C)[C@H](C)C(=O)Nc1cccc2ccccc12. The van der Waals surface area contributed by atoms with Crippen LogP contribution in [-0.4, -0.2) is 31.4 Å². The van der Waals surface area contributed by atoms with Crippen molar-refractivity contribution in [1.29, 1.82) is 0 Å². The Morgan fingerprint density at radius 2 is 1.55 bits per heavy atom. The molecule has 0 bridgehead atoms. The number of hydrogen-bond acceptors (Lipinski definition) is 2. The van der Waals surface area contributed by atoms with Gasteiger partial charge in [-0.05, 0) is 36.4 Å². The number of carbonyl (C=O) groups excluding carboxylic acids is 2. The summed E-state index contributed by atoms with van der Waals surface area (Å²) in [6.45, 7) is 4.10. The summed E-state index contributed by atoms with van der Waals surface area (Å²) in [4.78, 5) is 26.1. The van der Waals surface area contributed by atoms with Gasteiger partial charge in [0.05, 0.1) is 7.05 Å².